The van der Waals surface area contributed by atoms with Crippen molar-refractivity contribution in [2.45, 2.75) is 4.90 Å². The molecule has 0 atom stereocenters. The van der Waals surface area contributed by atoms with Crippen molar-refractivity contribution in [3.63, 3.8) is 0 Å². The van der Waals surface area contributed by atoms with Crippen molar-refractivity contribution in [1.29, 1.82) is 0 Å². The van der Waals surface area contributed by atoms with Crippen LogP contribution in [0.25, 0.3) is 0 Å². The lowest BCUT2D eigenvalue weighted by atomic mass is 10.3. The van der Waals surface area contributed by atoms with E-state index in [2.05, 4.69) is 9.97 Å². The highest BCUT2D eigenvalue weighted by Crippen LogP contribution is 2.21. The number of thioether (sulfide) groups is 1. The molecule has 1 aromatic heterocycles. The summed E-state index contributed by atoms with van der Waals surface area (Å²) in [6, 6.07) is 8.06. The maximum Gasteiger partial charge on any atom is 0.317 e. The van der Waals surface area contributed by atoms with Crippen LogP contribution < -0.4 is 9.47 Å². The minimum Gasteiger partial charge on any atom is -0.497 e. The fraction of sp³-hybridized carbons (Fsp3) is 0.167. The van der Waals surface area contributed by atoms with Gasteiger partial charge in [-0.05, 0) is 24.3 Å². The number of ether oxygens (including phenoxy) is 2. The van der Waals surface area contributed by atoms with Crippen LogP contribution in [0.1, 0.15) is 0 Å². The van der Waals surface area contributed by atoms with Crippen molar-refractivity contribution in [3.8, 4) is 11.8 Å². The van der Waals surface area contributed by atoms with Crippen LogP contribution in [0, 0.1) is 0 Å². The summed E-state index contributed by atoms with van der Waals surface area (Å²) in [5, 5.41) is 0.491. The summed E-state index contributed by atoms with van der Waals surface area (Å²) in [6.45, 7) is 0. The number of methoxy groups -OCH3 is 1. The lowest BCUT2D eigenvalue weighted by Gasteiger charge is -2.04. The normalized spacial score (nSPS) is 10.1. The van der Waals surface area contributed by atoms with E-state index in [1.807, 2.05) is 24.3 Å². The topological polar surface area (TPSA) is 44.2 Å². The summed E-state index contributed by atoms with van der Waals surface area (Å²) in [6.07, 6.45) is 3.00. The van der Waals surface area contributed by atoms with Crippen LogP contribution in [-0.4, -0.2) is 23.0 Å². The Bertz CT molecular complexity index is 490. The first-order chi connectivity index (χ1) is 8.78. The van der Waals surface area contributed by atoms with E-state index in [9.17, 15) is 0 Å². The smallest absolute Gasteiger partial charge is 0.317 e. The molecule has 2 aromatic rings. The van der Waals surface area contributed by atoms with Crippen molar-refractivity contribution in [3.05, 3.63) is 41.7 Å². The molecule has 0 unspecified atom stereocenters. The van der Waals surface area contributed by atoms with Gasteiger partial charge in [0.1, 0.15) is 11.7 Å². The van der Waals surface area contributed by atoms with E-state index in [0.717, 1.165) is 10.6 Å². The third kappa shape index (κ3) is 3.78. The summed E-state index contributed by atoms with van der Waals surface area (Å²) in [5.41, 5.74) is 0. The molecule has 0 spiro atoms. The number of rotatable bonds is 5. The first kappa shape index (κ1) is 13.0. The van der Waals surface area contributed by atoms with Crippen molar-refractivity contribution in [2.24, 2.45) is 0 Å². The molecule has 0 saturated carbocycles. The van der Waals surface area contributed by atoms with Gasteiger partial charge in [0.25, 0.3) is 0 Å². The highest BCUT2D eigenvalue weighted by molar-refractivity contribution is 7.99. The zero-order valence-electron chi connectivity index (χ0n) is 9.67. The van der Waals surface area contributed by atoms with E-state index in [1.165, 1.54) is 12.4 Å². The number of hydrogen-bond donors (Lipinski definition) is 0. The van der Waals surface area contributed by atoms with Gasteiger partial charge in [-0.2, -0.15) is 0 Å². The number of hydrogen-bond acceptors (Lipinski definition) is 5. The van der Waals surface area contributed by atoms with E-state index >= 15 is 0 Å². The highest BCUT2D eigenvalue weighted by atomic mass is 35.5. The van der Waals surface area contributed by atoms with E-state index in [4.69, 9.17) is 21.1 Å². The SMILES string of the molecule is COc1ccc(SCOc2ncc(Cl)cn2)cc1. The molecule has 0 N–H and O–H groups in total. The first-order valence-corrected chi connectivity index (χ1v) is 6.51. The fourth-order valence-corrected chi connectivity index (χ4v) is 1.92. The minimum absolute atomic E-state index is 0.320. The van der Waals surface area contributed by atoms with Crippen LogP contribution in [0.3, 0.4) is 0 Å². The zero-order chi connectivity index (χ0) is 12.8. The maximum atomic E-state index is 5.67. The number of halogens is 1. The van der Waals surface area contributed by atoms with E-state index < -0.39 is 0 Å². The molecule has 18 heavy (non-hydrogen) atoms. The quantitative estimate of drug-likeness (QED) is 0.622. The monoisotopic (exact) mass is 282 g/mol. The van der Waals surface area contributed by atoms with Crippen molar-refractivity contribution < 1.29 is 9.47 Å². The number of benzene rings is 1. The van der Waals surface area contributed by atoms with Gasteiger partial charge in [-0.1, -0.05) is 23.4 Å². The van der Waals surface area contributed by atoms with Gasteiger partial charge in [-0.3, -0.25) is 0 Å². The van der Waals surface area contributed by atoms with Gasteiger partial charge in [0, 0.05) is 4.90 Å². The molecule has 6 heteroatoms. The lowest BCUT2D eigenvalue weighted by Crippen LogP contribution is -1.97. The summed E-state index contributed by atoms with van der Waals surface area (Å²) in [7, 11) is 1.64. The number of aromatic nitrogens is 2. The second kappa shape index (κ2) is 6.47. The van der Waals surface area contributed by atoms with Gasteiger partial charge in [0.15, 0.2) is 0 Å². The standard InChI is InChI=1S/C12H11ClN2O2S/c1-16-10-2-4-11(5-3-10)18-8-17-12-14-6-9(13)7-15-12/h2-7H,8H2,1H3. The Morgan fingerprint density at radius 3 is 2.44 bits per heavy atom. The van der Waals surface area contributed by atoms with Gasteiger partial charge in [0.05, 0.1) is 24.5 Å². The molecular formula is C12H11ClN2O2S. The molecule has 2 rings (SSSR count). The Kier molecular flexibility index (Phi) is 4.66. The molecule has 1 heterocycles. The number of nitrogens with zero attached hydrogens (tertiary/aromatic N) is 2. The Morgan fingerprint density at radius 1 is 1.17 bits per heavy atom. The Labute approximate surface area is 114 Å². The molecule has 0 saturated heterocycles. The second-order valence-corrected chi connectivity index (χ2v) is 4.70. The largest absolute Gasteiger partial charge is 0.497 e. The summed E-state index contributed by atoms with van der Waals surface area (Å²) in [5.74, 6) is 1.27. The Balaban J connectivity index is 1.82. The van der Waals surface area contributed by atoms with Crippen molar-refractivity contribution >= 4 is 23.4 Å². The zero-order valence-corrected chi connectivity index (χ0v) is 11.2. The average Bonchev–Trinajstić information content (AvgIpc) is 2.42. The molecule has 1 aromatic carbocycles. The van der Waals surface area contributed by atoms with Gasteiger partial charge in [-0.25, -0.2) is 9.97 Å². The molecule has 0 aliphatic rings. The van der Waals surface area contributed by atoms with Crippen LogP contribution in [-0.2, 0) is 0 Å². The Morgan fingerprint density at radius 2 is 1.83 bits per heavy atom. The van der Waals surface area contributed by atoms with Crippen LogP contribution in [0.5, 0.6) is 11.8 Å². The third-order valence-corrected chi connectivity index (χ3v) is 3.11. The van der Waals surface area contributed by atoms with Crippen LogP contribution in [0.15, 0.2) is 41.6 Å². The first-order valence-electron chi connectivity index (χ1n) is 5.15. The molecule has 0 fully saturated rings. The molecule has 0 radical (unpaired) electrons. The molecule has 0 aliphatic heterocycles. The van der Waals surface area contributed by atoms with E-state index in [1.54, 1.807) is 18.9 Å². The predicted molar refractivity (Wildman–Crippen MR) is 71.4 cm³/mol. The second-order valence-electron chi connectivity index (χ2n) is 3.27. The van der Waals surface area contributed by atoms with Gasteiger partial charge in [-0.15, -0.1) is 0 Å². The van der Waals surface area contributed by atoms with E-state index in [0.29, 0.717) is 17.0 Å². The van der Waals surface area contributed by atoms with Gasteiger partial charge < -0.3 is 9.47 Å². The summed E-state index contributed by atoms with van der Waals surface area (Å²) < 4.78 is 10.5. The van der Waals surface area contributed by atoms with Crippen molar-refractivity contribution in [2.75, 3.05) is 13.0 Å². The van der Waals surface area contributed by atoms with Gasteiger partial charge in [0.2, 0.25) is 0 Å². The third-order valence-electron chi connectivity index (χ3n) is 2.07. The Hall–Kier alpha value is -1.46. The molecule has 4 nitrogen and oxygen atoms in total. The molecule has 0 aliphatic carbocycles. The van der Waals surface area contributed by atoms with Crippen LogP contribution in [0.2, 0.25) is 5.02 Å². The van der Waals surface area contributed by atoms with Crippen LogP contribution >= 0.6 is 23.4 Å². The molecule has 0 bridgehead atoms. The summed E-state index contributed by atoms with van der Waals surface area (Å²) >= 11 is 7.22. The minimum atomic E-state index is 0.320. The van der Waals surface area contributed by atoms with Gasteiger partial charge >= 0.3 is 6.01 Å². The van der Waals surface area contributed by atoms with Crippen molar-refractivity contribution in [1.82, 2.24) is 9.97 Å². The van der Waals surface area contributed by atoms with Crippen LogP contribution in [0.4, 0.5) is 0 Å². The maximum absolute atomic E-state index is 5.67. The molecular weight excluding hydrogens is 272 g/mol. The highest BCUT2D eigenvalue weighted by Gasteiger charge is 1.99. The summed E-state index contributed by atoms with van der Waals surface area (Å²) in [4.78, 5) is 8.96. The molecule has 94 valence electrons. The fourth-order valence-electron chi connectivity index (χ4n) is 1.20. The van der Waals surface area contributed by atoms with E-state index in [-0.39, 0.29) is 0 Å². The lowest BCUT2D eigenvalue weighted by molar-refractivity contribution is 0.360. The predicted octanol–water partition coefficient (Wildman–Crippen LogP) is 3.27. The average molecular weight is 283 g/mol. The molecule has 0 amide bonds.